The molecule has 1 aliphatic carbocycles. The maximum absolute atomic E-state index is 12.7. The zero-order valence-electron chi connectivity index (χ0n) is 16.7. The lowest BCUT2D eigenvalue weighted by Crippen LogP contribution is -2.40. The highest BCUT2D eigenvalue weighted by atomic mass is 32.2. The maximum atomic E-state index is 12.7. The fraction of sp³-hybridized carbons (Fsp3) is 0.474. The molecule has 0 saturated heterocycles. The van der Waals surface area contributed by atoms with Crippen LogP contribution in [0.1, 0.15) is 65.0 Å². The molecule has 1 aliphatic rings. The van der Waals surface area contributed by atoms with Gasteiger partial charge in [-0.15, -0.1) is 11.3 Å². The van der Waals surface area contributed by atoms with E-state index in [0.717, 1.165) is 36.1 Å². The standard InChI is InChI=1S/C19H24N2O6S2/c1-19(2,3)21-29(24,25)14-10-9-12(27-14)16(22)20-17-15(18(23)26-4)11-7-5-6-8-13(11)28-17/h9-10,21H,5-8H2,1-4H3,(H,20,22). The Bertz CT molecular complexity index is 1040. The molecular formula is C19H24N2O6S2. The number of furan rings is 1. The average molecular weight is 441 g/mol. The lowest BCUT2D eigenvalue weighted by atomic mass is 9.95. The Hall–Kier alpha value is -2.17. The van der Waals surface area contributed by atoms with E-state index >= 15 is 0 Å². The third-order valence-electron chi connectivity index (χ3n) is 4.30. The van der Waals surface area contributed by atoms with E-state index in [1.54, 1.807) is 20.8 Å². The minimum absolute atomic E-state index is 0.165. The first-order chi connectivity index (χ1) is 13.5. The quantitative estimate of drug-likeness (QED) is 0.689. The minimum Gasteiger partial charge on any atom is -0.465 e. The number of amides is 1. The van der Waals surface area contributed by atoms with Crippen LogP contribution < -0.4 is 10.0 Å². The summed E-state index contributed by atoms with van der Waals surface area (Å²) in [5.74, 6) is -1.30. The number of carbonyl (C=O) groups excluding carboxylic acids is 2. The zero-order chi connectivity index (χ0) is 21.4. The molecule has 158 valence electrons. The van der Waals surface area contributed by atoms with Gasteiger partial charge in [-0.3, -0.25) is 4.79 Å². The number of nitrogens with one attached hydrogen (secondary N) is 2. The van der Waals surface area contributed by atoms with Crippen LogP contribution in [-0.2, 0) is 27.6 Å². The molecule has 0 radical (unpaired) electrons. The highest BCUT2D eigenvalue weighted by molar-refractivity contribution is 7.89. The van der Waals surface area contributed by atoms with Gasteiger partial charge in [0.15, 0.2) is 5.76 Å². The van der Waals surface area contributed by atoms with Gasteiger partial charge in [0.25, 0.3) is 15.9 Å². The molecule has 8 nitrogen and oxygen atoms in total. The van der Waals surface area contributed by atoms with E-state index in [2.05, 4.69) is 10.0 Å². The Balaban J connectivity index is 1.86. The Labute approximate surface area is 173 Å². The largest absolute Gasteiger partial charge is 0.465 e. The van der Waals surface area contributed by atoms with E-state index in [9.17, 15) is 18.0 Å². The summed E-state index contributed by atoms with van der Waals surface area (Å²) >= 11 is 1.34. The molecule has 0 unspecified atom stereocenters. The van der Waals surface area contributed by atoms with Crippen LogP contribution in [0.25, 0.3) is 0 Å². The molecule has 2 aromatic heterocycles. The van der Waals surface area contributed by atoms with E-state index < -0.39 is 27.4 Å². The summed E-state index contributed by atoms with van der Waals surface area (Å²) in [6, 6.07) is 2.52. The van der Waals surface area contributed by atoms with Crippen molar-refractivity contribution in [3.8, 4) is 0 Å². The second-order valence-electron chi connectivity index (χ2n) is 7.83. The molecule has 10 heteroatoms. The van der Waals surface area contributed by atoms with Crippen LogP contribution >= 0.6 is 11.3 Å². The van der Waals surface area contributed by atoms with Crippen molar-refractivity contribution in [2.24, 2.45) is 0 Å². The van der Waals surface area contributed by atoms with Crippen molar-refractivity contribution in [1.29, 1.82) is 0 Å². The molecule has 1 amide bonds. The number of methoxy groups -OCH3 is 1. The Morgan fingerprint density at radius 1 is 1.17 bits per heavy atom. The van der Waals surface area contributed by atoms with Crippen molar-refractivity contribution >= 4 is 38.2 Å². The van der Waals surface area contributed by atoms with Gasteiger partial charge >= 0.3 is 5.97 Å². The number of rotatable bonds is 5. The van der Waals surface area contributed by atoms with Gasteiger partial charge in [-0.05, 0) is 64.2 Å². The molecule has 2 heterocycles. The normalized spacial score (nSPS) is 14.3. The smallest absolute Gasteiger partial charge is 0.341 e. The number of hydrogen-bond donors (Lipinski definition) is 2. The third kappa shape index (κ3) is 4.71. The molecule has 29 heavy (non-hydrogen) atoms. The zero-order valence-corrected chi connectivity index (χ0v) is 18.4. The summed E-state index contributed by atoms with van der Waals surface area (Å²) < 4.78 is 37.4. The van der Waals surface area contributed by atoms with Gasteiger partial charge in [-0.1, -0.05) is 0 Å². The van der Waals surface area contributed by atoms with Gasteiger partial charge in [-0.25, -0.2) is 17.9 Å². The maximum Gasteiger partial charge on any atom is 0.341 e. The number of anilines is 1. The van der Waals surface area contributed by atoms with E-state index in [1.165, 1.54) is 30.6 Å². The summed E-state index contributed by atoms with van der Waals surface area (Å²) in [4.78, 5) is 26.0. The van der Waals surface area contributed by atoms with Gasteiger partial charge < -0.3 is 14.5 Å². The highest BCUT2D eigenvalue weighted by Gasteiger charge is 2.29. The van der Waals surface area contributed by atoms with Gasteiger partial charge in [0, 0.05) is 10.4 Å². The van der Waals surface area contributed by atoms with Crippen LogP contribution in [0.2, 0.25) is 0 Å². The number of sulfonamides is 1. The van der Waals surface area contributed by atoms with Crippen molar-refractivity contribution in [1.82, 2.24) is 4.72 Å². The molecule has 0 atom stereocenters. The molecule has 0 spiro atoms. The SMILES string of the molecule is COC(=O)c1c(NC(=O)c2ccc(S(=O)(=O)NC(C)(C)C)o2)sc2c1CCCC2. The molecule has 0 aliphatic heterocycles. The Kier molecular flexibility index (Phi) is 5.88. The van der Waals surface area contributed by atoms with Crippen molar-refractivity contribution in [3.05, 3.63) is 33.9 Å². The van der Waals surface area contributed by atoms with Crippen molar-refractivity contribution < 1.29 is 27.2 Å². The molecule has 2 N–H and O–H groups in total. The molecular weight excluding hydrogens is 416 g/mol. The Morgan fingerprint density at radius 2 is 1.86 bits per heavy atom. The van der Waals surface area contributed by atoms with Crippen molar-refractivity contribution in [3.63, 3.8) is 0 Å². The molecule has 0 aromatic carbocycles. The summed E-state index contributed by atoms with van der Waals surface area (Å²) in [5, 5.41) is 2.72. The van der Waals surface area contributed by atoms with Crippen LogP contribution in [0.4, 0.5) is 5.00 Å². The van der Waals surface area contributed by atoms with E-state index in [1.807, 2.05) is 0 Å². The summed E-state index contributed by atoms with van der Waals surface area (Å²) in [6.07, 6.45) is 3.61. The van der Waals surface area contributed by atoms with E-state index in [4.69, 9.17) is 9.15 Å². The Morgan fingerprint density at radius 3 is 2.52 bits per heavy atom. The number of thiophene rings is 1. The number of carbonyl (C=O) groups is 2. The number of esters is 1. The topological polar surface area (TPSA) is 115 Å². The minimum atomic E-state index is -3.90. The second kappa shape index (κ2) is 7.92. The van der Waals surface area contributed by atoms with Crippen LogP contribution in [-0.4, -0.2) is 32.9 Å². The third-order valence-corrected chi connectivity index (χ3v) is 7.14. The first-order valence-corrected chi connectivity index (χ1v) is 11.5. The monoisotopic (exact) mass is 440 g/mol. The lowest BCUT2D eigenvalue weighted by molar-refractivity contribution is 0.0601. The van der Waals surface area contributed by atoms with Crippen LogP contribution in [0, 0.1) is 0 Å². The molecule has 0 saturated carbocycles. The molecule has 0 bridgehead atoms. The second-order valence-corrected chi connectivity index (χ2v) is 10.6. The highest BCUT2D eigenvalue weighted by Crippen LogP contribution is 2.38. The lowest BCUT2D eigenvalue weighted by Gasteiger charge is -2.18. The van der Waals surface area contributed by atoms with Gasteiger partial charge in [-0.2, -0.15) is 0 Å². The predicted octanol–water partition coefficient (Wildman–Crippen LogP) is 3.34. The van der Waals surface area contributed by atoms with E-state index in [0.29, 0.717) is 10.6 Å². The van der Waals surface area contributed by atoms with Crippen LogP contribution in [0.5, 0.6) is 0 Å². The molecule has 2 aromatic rings. The summed E-state index contributed by atoms with van der Waals surface area (Å²) in [6.45, 7) is 5.11. The predicted molar refractivity (Wildman–Crippen MR) is 109 cm³/mol. The van der Waals surface area contributed by atoms with Gasteiger partial charge in [0.05, 0.1) is 12.7 Å². The van der Waals surface area contributed by atoms with E-state index in [-0.39, 0.29) is 10.9 Å². The van der Waals surface area contributed by atoms with Crippen molar-refractivity contribution in [2.75, 3.05) is 12.4 Å². The number of hydrogen-bond acceptors (Lipinski definition) is 7. The molecule has 3 rings (SSSR count). The summed E-state index contributed by atoms with van der Waals surface area (Å²) in [7, 11) is -2.60. The number of aryl methyl sites for hydroxylation is 1. The molecule has 0 fully saturated rings. The van der Waals surface area contributed by atoms with Crippen LogP contribution in [0.3, 0.4) is 0 Å². The summed E-state index contributed by atoms with van der Waals surface area (Å²) in [5.41, 5.74) is 0.592. The fourth-order valence-corrected chi connectivity index (χ4v) is 5.80. The van der Waals surface area contributed by atoms with Crippen molar-refractivity contribution in [2.45, 2.75) is 57.1 Å². The fourth-order valence-electron chi connectivity index (χ4n) is 3.18. The number of ether oxygens (including phenoxy) is 1. The van der Waals surface area contributed by atoms with Gasteiger partial charge in [0.2, 0.25) is 5.09 Å². The average Bonchev–Trinajstić information content (AvgIpc) is 3.24. The first kappa shape index (κ1) is 21.5. The van der Waals surface area contributed by atoms with Gasteiger partial charge in [0.1, 0.15) is 5.00 Å². The first-order valence-electron chi connectivity index (χ1n) is 9.20. The van der Waals surface area contributed by atoms with Crippen LogP contribution in [0.15, 0.2) is 21.6 Å². The number of fused-ring (bicyclic) bond motifs is 1.